The molecule has 106 valence electrons. The fourth-order valence-electron chi connectivity index (χ4n) is 2.43. The van der Waals surface area contributed by atoms with Crippen molar-refractivity contribution in [2.24, 2.45) is 0 Å². The summed E-state index contributed by atoms with van der Waals surface area (Å²) < 4.78 is 39.2. The summed E-state index contributed by atoms with van der Waals surface area (Å²) in [5.74, 6) is -0.433. The Balaban J connectivity index is 2.25. The van der Waals surface area contributed by atoms with Crippen molar-refractivity contribution < 1.29 is 12.8 Å². The number of benzene rings is 1. The minimum atomic E-state index is -3.55. The van der Waals surface area contributed by atoms with Crippen LogP contribution in [0.3, 0.4) is 0 Å². The van der Waals surface area contributed by atoms with Crippen LogP contribution < -0.4 is 0 Å². The molecule has 0 amide bonds. The summed E-state index contributed by atoms with van der Waals surface area (Å²) in [6.07, 6.45) is 3.99. The first-order chi connectivity index (χ1) is 8.93. The van der Waals surface area contributed by atoms with Crippen molar-refractivity contribution in [3.63, 3.8) is 0 Å². The van der Waals surface area contributed by atoms with Gasteiger partial charge in [-0.15, -0.1) is 0 Å². The van der Waals surface area contributed by atoms with Gasteiger partial charge in [0.05, 0.1) is 4.90 Å². The van der Waals surface area contributed by atoms with E-state index in [2.05, 4.69) is 15.9 Å². The Morgan fingerprint density at radius 2 is 1.79 bits per heavy atom. The summed E-state index contributed by atoms with van der Waals surface area (Å²) in [5.41, 5.74) is 0. The van der Waals surface area contributed by atoms with Crippen LogP contribution in [-0.2, 0) is 10.0 Å². The molecule has 2 atom stereocenters. The molecule has 1 aromatic carbocycles. The third-order valence-corrected chi connectivity index (χ3v) is 6.57. The van der Waals surface area contributed by atoms with E-state index in [0.29, 0.717) is 0 Å². The van der Waals surface area contributed by atoms with Crippen LogP contribution in [0.2, 0.25) is 0 Å². The van der Waals surface area contributed by atoms with Crippen LogP contribution in [0.5, 0.6) is 0 Å². The van der Waals surface area contributed by atoms with Crippen molar-refractivity contribution in [3.05, 3.63) is 30.1 Å². The lowest BCUT2D eigenvalue weighted by Gasteiger charge is -2.34. The average molecular weight is 350 g/mol. The minimum Gasteiger partial charge on any atom is -0.207 e. The standard InChI is InChI=1S/C13H17BrFNO2S/c1-16(13-5-3-2-4-12(13)14)19(17,18)11-8-6-10(15)7-9-11/h6-9,12-13H,2-5H2,1H3. The second-order valence-corrected chi connectivity index (χ2v) is 8.02. The van der Waals surface area contributed by atoms with Crippen LogP contribution in [-0.4, -0.2) is 30.6 Å². The van der Waals surface area contributed by atoms with Crippen molar-refractivity contribution in [2.45, 2.75) is 41.4 Å². The third-order valence-electron chi connectivity index (χ3n) is 3.60. The van der Waals surface area contributed by atoms with E-state index < -0.39 is 15.8 Å². The summed E-state index contributed by atoms with van der Waals surface area (Å²) in [6.45, 7) is 0. The summed E-state index contributed by atoms with van der Waals surface area (Å²) in [6, 6.07) is 4.93. The zero-order chi connectivity index (χ0) is 14.0. The van der Waals surface area contributed by atoms with Crippen molar-refractivity contribution in [3.8, 4) is 0 Å². The molecule has 1 aliphatic rings. The minimum absolute atomic E-state index is 0.0381. The lowest BCUT2D eigenvalue weighted by atomic mass is 9.96. The lowest BCUT2D eigenvalue weighted by Crippen LogP contribution is -2.43. The highest BCUT2D eigenvalue weighted by Gasteiger charge is 2.33. The largest absolute Gasteiger partial charge is 0.243 e. The molecule has 0 N–H and O–H groups in total. The molecule has 0 spiro atoms. The highest BCUT2D eigenvalue weighted by atomic mass is 79.9. The molecule has 1 fully saturated rings. The van der Waals surface area contributed by atoms with Crippen molar-refractivity contribution in [1.29, 1.82) is 0 Å². The molecule has 0 saturated heterocycles. The fourth-order valence-corrected chi connectivity index (χ4v) is 4.95. The van der Waals surface area contributed by atoms with Gasteiger partial charge in [-0.3, -0.25) is 0 Å². The molecule has 0 heterocycles. The molecule has 0 aromatic heterocycles. The van der Waals surface area contributed by atoms with E-state index in [1.807, 2.05) is 0 Å². The number of rotatable bonds is 3. The Morgan fingerprint density at radius 3 is 2.37 bits per heavy atom. The molecule has 1 aliphatic carbocycles. The second kappa shape index (κ2) is 5.89. The Morgan fingerprint density at radius 1 is 1.21 bits per heavy atom. The molecule has 1 aromatic rings. The topological polar surface area (TPSA) is 37.4 Å². The maximum Gasteiger partial charge on any atom is 0.243 e. The molecule has 0 aliphatic heterocycles. The van der Waals surface area contributed by atoms with Gasteiger partial charge in [0.2, 0.25) is 10.0 Å². The predicted molar refractivity (Wildman–Crippen MR) is 76.3 cm³/mol. The van der Waals surface area contributed by atoms with E-state index in [1.165, 1.54) is 28.6 Å². The number of nitrogens with zero attached hydrogens (tertiary/aromatic N) is 1. The number of halogens is 2. The highest BCUT2D eigenvalue weighted by molar-refractivity contribution is 9.09. The Hall–Kier alpha value is -0.460. The van der Waals surface area contributed by atoms with Gasteiger partial charge >= 0.3 is 0 Å². The Labute approximate surface area is 122 Å². The van der Waals surface area contributed by atoms with Gasteiger partial charge in [0.25, 0.3) is 0 Å². The molecular formula is C13H17BrFNO2S. The van der Waals surface area contributed by atoms with E-state index in [4.69, 9.17) is 0 Å². The fraction of sp³-hybridized carbons (Fsp3) is 0.538. The first-order valence-electron chi connectivity index (χ1n) is 6.30. The molecule has 2 rings (SSSR count). The van der Waals surface area contributed by atoms with Gasteiger partial charge in [-0.25, -0.2) is 12.8 Å². The summed E-state index contributed by atoms with van der Waals surface area (Å²) in [5, 5.41) is 0. The quantitative estimate of drug-likeness (QED) is 0.786. The first-order valence-corrected chi connectivity index (χ1v) is 8.66. The van der Waals surface area contributed by atoms with Gasteiger partial charge in [0.15, 0.2) is 0 Å². The molecule has 19 heavy (non-hydrogen) atoms. The number of hydrogen-bond donors (Lipinski definition) is 0. The van der Waals surface area contributed by atoms with Crippen LogP contribution in [0.25, 0.3) is 0 Å². The Bertz CT molecular complexity index is 532. The average Bonchev–Trinajstić information content (AvgIpc) is 2.39. The molecule has 1 saturated carbocycles. The molecule has 6 heteroatoms. The second-order valence-electron chi connectivity index (χ2n) is 4.84. The Kier molecular flexibility index (Phi) is 4.63. The zero-order valence-electron chi connectivity index (χ0n) is 10.7. The summed E-state index contributed by atoms with van der Waals surface area (Å²) in [4.78, 5) is 0.322. The zero-order valence-corrected chi connectivity index (χ0v) is 13.1. The van der Waals surface area contributed by atoms with Gasteiger partial charge in [-0.1, -0.05) is 28.8 Å². The third kappa shape index (κ3) is 3.17. The van der Waals surface area contributed by atoms with E-state index in [1.54, 1.807) is 7.05 Å². The van der Waals surface area contributed by atoms with Gasteiger partial charge in [0.1, 0.15) is 5.82 Å². The smallest absolute Gasteiger partial charge is 0.207 e. The van der Waals surface area contributed by atoms with Crippen LogP contribution in [0, 0.1) is 5.82 Å². The van der Waals surface area contributed by atoms with E-state index in [-0.39, 0.29) is 15.8 Å². The van der Waals surface area contributed by atoms with E-state index in [0.717, 1.165) is 25.7 Å². The van der Waals surface area contributed by atoms with Crippen LogP contribution in [0.15, 0.2) is 29.2 Å². The van der Waals surface area contributed by atoms with Gasteiger partial charge < -0.3 is 0 Å². The molecule has 3 nitrogen and oxygen atoms in total. The van der Waals surface area contributed by atoms with Gasteiger partial charge in [-0.05, 0) is 37.1 Å². The summed E-state index contributed by atoms with van der Waals surface area (Å²) >= 11 is 3.57. The monoisotopic (exact) mass is 349 g/mol. The van der Waals surface area contributed by atoms with Crippen molar-refractivity contribution in [2.75, 3.05) is 7.05 Å². The van der Waals surface area contributed by atoms with Crippen molar-refractivity contribution >= 4 is 26.0 Å². The maximum absolute atomic E-state index is 12.9. The van der Waals surface area contributed by atoms with Crippen LogP contribution in [0.1, 0.15) is 25.7 Å². The van der Waals surface area contributed by atoms with Gasteiger partial charge in [0, 0.05) is 17.9 Å². The highest BCUT2D eigenvalue weighted by Crippen LogP contribution is 2.30. The van der Waals surface area contributed by atoms with Crippen LogP contribution >= 0.6 is 15.9 Å². The summed E-state index contributed by atoms with van der Waals surface area (Å²) in [7, 11) is -1.95. The van der Waals surface area contributed by atoms with Crippen molar-refractivity contribution in [1.82, 2.24) is 4.31 Å². The number of hydrogen-bond acceptors (Lipinski definition) is 2. The van der Waals surface area contributed by atoms with Crippen LogP contribution in [0.4, 0.5) is 4.39 Å². The SMILES string of the molecule is CN(C1CCCCC1Br)S(=O)(=O)c1ccc(F)cc1. The molecule has 2 unspecified atom stereocenters. The molecule has 0 bridgehead atoms. The molecule has 0 radical (unpaired) electrons. The first kappa shape index (κ1) is 14.9. The normalized spacial score (nSPS) is 24.6. The molecular weight excluding hydrogens is 333 g/mol. The predicted octanol–water partition coefficient (Wildman–Crippen LogP) is 3.15. The lowest BCUT2D eigenvalue weighted by molar-refractivity contribution is 0.297. The van der Waals surface area contributed by atoms with Gasteiger partial charge in [-0.2, -0.15) is 4.31 Å². The number of sulfonamides is 1. The number of alkyl halides is 1. The maximum atomic E-state index is 12.9. The van der Waals surface area contributed by atoms with E-state index >= 15 is 0 Å². The van der Waals surface area contributed by atoms with E-state index in [9.17, 15) is 12.8 Å².